The Kier molecular flexibility index (Phi) is 5.45. The SMILES string of the molecule is COC(CNC(=O)C(C)C)c1ccc(Cl)cc1. The van der Waals surface area contributed by atoms with Crippen LogP contribution in [0.5, 0.6) is 0 Å². The van der Waals surface area contributed by atoms with Gasteiger partial charge in [0, 0.05) is 24.6 Å². The summed E-state index contributed by atoms with van der Waals surface area (Å²) in [6, 6.07) is 7.43. The van der Waals surface area contributed by atoms with E-state index in [1.807, 2.05) is 38.1 Å². The van der Waals surface area contributed by atoms with Crippen LogP contribution in [0.1, 0.15) is 25.5 Å². The molecule has 1 unspecified atom stereocenters. The summed E-state index contributed by atoms with van der Waals surface area (Å²) in [7, 11) is 1.63. The molecule has 1 amide bonds. The van der Waals surface area contributed by atoms with Crippen LogP contribution < -0.4 is 5.32 Å². The van der Waals surface area contributed by atoms with Crippen LogP contribution in [0.25, 0.3) is 0 Å². The van der Waals surface area contributed by atoms with Crippen LogP contribution in [0.3, 0.4) is 0 Å². The van der Waals surface area contributed by atoms with Crippen molar-refractivity contribution in [3.05, 3.63) is 34.9 Å². The fourth-order valence-corrected chi connectivity index (χ4v) is 1.54. The number of methoxy groups -OCH3 is 1. The van der Waals surface area contributed by atoms with Crippen molar-refractivity contribution in [2.24, 2.45) is 5.92 Å². The van der Waals surface area contributed by atoms with Crippen molar-refractivity contribution in [2.75, 3.05) is 13.7 Å². The van der Waals surface area contributed by atoms with E-state index < -0.39 is 0 Å². The molecule has 0 aromatic heterocycles. The number of amides is 1. The molecule has 0 saturated heterocycles. The average molecular weight is 256 g/mol. The Morgan fingerprint density at radius 3 is 2.41 bits per heavy atom. The minimum absolute atomic E-state index is 0.0160. The van der Waals surface area contributed by atoms with Gasteiger partial charge in [0.1, 0.15) is 0 Å². The topological polar surface area (TPSA) is 38.3 Å². The van der Waals surface area contributed by atoms with Crippen LogP contribution in [0, 0.1) is 5.92 Å². The lowest BCUT2D eigenvalue weighted by molar-refractivity contribution is -0.124. The van der Waals surface area contributed by atoms with Gasteiger partial charge in [-0.2, -0.15) is 0 Å². The summed E-state index contributed by atoms with van der Waals surface area (Å²) in [5.74, 6) is 0.0127. The fourth-order valence-electron chi connectivity index (χ4n) is 1.41. The molecule has 0 aliphatic heterocycles. The summed E-state index contributed by atoms with van der Waals surface area (Å²) in [4.78, 5) is 11.5. The molecule has 0 heterocycles. The molecule has 1 N–H and O–H groups in total. The van der Waals surface area contributed by atoms with Gasteiger partial charge in [0.25, 0.3) is 0 Å². The van der Waals surface area contributed by atoms with E-state index in [9.17, 15) is 4.79 Å². The summed E-state index contributed by atoms with van der Waals surface area (Å²) in [5, 5.41) is 3.54. The zero-order chi connectivity index (χ0) is 12.8. The lowest BCUT2D eigenvalue weighted by Gasteiger charge is -2.17. The van der Waals surface area contributed by atoms with E-state index in [0.29, 0.717) is 11.6 Å². The highest BCUT2D eigenvalue weighted by Crippen LogP contribution is 2.18. The van der Waals surface area contributed by atoms with Crippen molar-refractivity contribution in [3.63, 3.8) is 0 Å². The quantitative estimate of drug-likeness (QED) is 0.879. The highest BCUT2D eigenvalue weighted by Gasteiger charge is 2.13. The Bertz CT molecular complexity index is 362. The second-order valence-electron chi connectivity index (χ2n) is 4.18. The van der Waals surface area contributed by atoms with Gasteiger partial charge in [-0.15, -0.1) is 0 Å². The Hall–Kier alpha value is -1.06. The standard InChI is InChI=1S/C13H18ClNO2/c1-9(2)13(16)15-8-12(17-3)10-4-6-11(14)7-5-10/h4-7,9,12H,8H2,1-3H3,(H,15,16). The first-order chi connectivity index (χ1) is 8.04. The Balaban J connectivity index is 2.60. The molecule has 0 bridgehead atoms. The molecule has 1 aromatic carbocycles. The van der Waals surface area contributed by atoms with Crippen molar-refractivity contribution in [2.45, 2.75) is 20.0 Å². The molecule has 0 aliphatic rings. The summed E-state index contributed by atoms with van der Waals surface area (Å²) in [6.07, 6.45) is -0.144. The van der Waals surface area contributed by atoms with Gasteiger partial charge in [-0.05, 0) is 17.7 Å². The third-order valence-corrected chi connectivity index (χ3v) is 2.76. The van der Waals surface area contributed by atoms with E-state index in [1.54, 1.807) is 7.11 Å². The molecule has 0 radical (unpaired) electrons. The predicted octanol–water partition coefficient (Wildman–Crippen LogP) is 2.80. The Morgan fingerprint density at radius 1 is 1.35 bits per heavy atom. The monoisotopic (exact) mass is 255 g/mol. The van der Waals surface area contributed by atoms with Gasteiger partial charge in [-0.25, -0.2) is 0 Å². The Labute approximate surface area is 107 Å². The van der Waals surface area contributed by atoms with E-state index in [-0.39, 0.29) is 17.9 Å². The summed E-state index contributed by atoms with van der Waals surface area (Å²) >= 11 is 5.82. The first-order valence-electron chi connectivity index (χ1n) is 5.60. The van der Waals surface area contributed by atoms with E-state index in [2.05, 4.69) is 5.32 Å². The number of halogens is 1. The third-order valence-electron chi connectivity index (χ3n) is 2.51. The molecule has 1 rings (SSSR count). The smallest absolute Gasteiger partial charge is 0.222 e. The minimum Gasteiger partial charge on any atom is -0.375 e. The number of hydrogen-bond acceptors (Lipinski definition) is 2. The summed E-state index contributed by atoms with van der Waals surface area (Å²) < 4.78 is 5.35. The van der Waals surface area contributed by atoms with Crippen LogP contribution >= 0.6 is 11.6 Å². The van der Waals surface area contributed by atoms with Gasteiger partial charge in [-0.1, -0.05) is 37.6 Å². The molecular formula is C13H18ClNO2. The molecule has 0 aliphatic carbocycles. The van der Waals surface area contributed by atoms with Crippen molar-refractivity contribution < 1.29 is 9.53 Å². The maximum absolute atomic E-state index is 11.5. The Morgan fingerprint density at radius 2 is 1.94 bits per heavy atom. The highest BCUT2D eigenvalue weighted by molar-refractivity contribution is 6.30. The van der Waals surface area contributed by atoms with Crippen molar-refractivity contribution in [1.29, 1.82) is 0 Å². The first-order valence-corrected chi connectivity index (χ1v) is 5.98. The molecule has 0 spiro atoms. The number of nitrogens with one attached hydrogen (secondary N) is 1. The lowest BCUT2D eigenvalue weighted by atomic mass is 10.1. The van der Waals surface area contributed by atoms with Crippen LogP contribution in [-0.4, -0.2) is 19.6 Å². The maximum atomic E-state index is 11.5. The maximum Gasteiger partial charge on any atom is 0.222 e. The molecule has 17 heavy (non-hydrogen) atoms. The number of hydrogen-bond donors (Lipinski definition) is 1. The first kappa shape index (κ1) is 14.0. The lowest BCUT2D eigenvalue weighted by Crippen LogP contribution is -2.32. The zero-order valence-electron chi connectivity index (χ0n) is 10.4. The van der Waals surface area contributed by atoms with Gasteiger partial charge < -0.3 is 10.1 Å². The third kappa shape index (κ3) is 4.36. The molecule has 0 saturated carbocycles. The van der Waals surface area contributed by atoms with Gasteiger partial charge in [-0.3, -0.25) is 4.79 Å². The molecule has 3 nitrogen and oxygen atoms in total. The summed E-state index contributed by atoms with van der Waals surface area (Å²) in [5.41, 5.74) is 1.00. The van der Waals surface area contributed by atoms with Gasteiger partial charge in [0.15, 0.2) is 0 Å². The number of carbonyl (C=O) groups excluding carboxylic acids is 1. The largest absolute Gasteiger partial charge is 0.375 e. The van der Waals surface area contributed by atoms with Crippen molar-refractivity contribution >= 4 is 17.5 Å². The molecule has 0 fully saturated rings. The number of carbonyl (C=O) groups is 1. The molecule has 4 heteroatoms. The number of rotatable bonds is 5. The van der Waals surface area contributed by atoms with E-state index >= 15 is 0 Å². The van der Waals surface area contributed by atoms with Crippen LogP contribution in [-0.2, 0) is 9.53 Å². The summed E-state index contributed by atoms with van der Waals surface area (Å²) in [6.45, 7) is 4.19. The second-order valence-corrected chi connectivity index (χ2v) is 4.61. The van der Waals surface area contributed by atoms with Gasteiger partial charge in [0.05, 0.1) is 6.10 Å². The van der Waals surface area contributed by atoms with E-state index in [4.69, 9.17) is 16.3 Å². The number of ether oxygens (including phenoxy) is 1. The van der Waals surface area contributed by atoms with Gasteiger partial charge in [0.2, 0.25) is 5.91 Å². The van der Waals surface area contributed by atoms with Crippen LogP contribution in [0.15, 0.2) is 24.3 Å². The van der Waals surface area contributed by atoms with Crippen LogP contribution in [0.4, 0.5) is 0 Å². The average Bonchev–Trinajstić information content (AvgIpc) is 2.31. The number of benzene rings is 1. The molecule has 1 aromatic rings. The highest BCUT2D eigenvalue weighted by atomic mass is 35.5. The molecule has 1 atom stereocenters. The van der Waals surface area contributed by atoms with Crippen molar-refractivity contribution in [3.8, 4) is 0 Å². The van der Waals surface area contributed by atoms with Gasteiger partial charge >= 0.3 is 0 Å². The second kappa shape index (κ2) is 6.62. The minimum atomic E-state index is -0.144. The fraction of sp³-hybridized carbons (Fsp3) is 0.462. The molecular weight excluding hydrogens is 238 g/mol. The van der Waals surface area contributed by atoms with Crippen LogP contribution in [0.2, 0.25) is 5.02 Å². The van der Waals surface area contributed by atoms with Crippen molar-refractivity contribution in [1.82, 2.24) is 5.32 Å². The zero-order valence-corrected chi connectivity index (χ0v) is 11.1. The normalized spacial score (nSPS) is 12.5. The molecule has 94 valence electrons. The van der Waals surface area contributed by atoms with E-state index in [0.717, 1.165) is 5.56 Å². The predicted molar refractivity (Wildman–Crippen MR) is 69.0 cm³/mol. The van der Waals surface area contributed by atoms with E-state index in [1.165, 1.54) is 0 Å².